The number of fused-ring (bicyclic) bond motifs is 3. The Bertz CT molecular complexity index is 1530. The van der Waals surface area contributed by atoms with Gasteiger partial charge in [-0.2, -0.15) is 0 Å². The fourth-order valence-electron chi connectivity index (χ4n) is 8.30. The predicted octanol–water partition coefficient (Wildman–Crippen LogP) is 1.42. The van der Waals surface area contributed by atoms with Gasteiger partial charge in [0.1, 0.15) is 22.8 Å². The second-order valence-corrected chi connectivity index (χ2v) is 13.4. The number of likely N-dealkylation sites (N-methyl/N-ethyl adjacent to an activating group) is 1. The molecule has 6 rings (SSSR count). The number of aliphatic hydroxyl groups excluding tert-OH is 2. The number of hydrogen-bond donors (Lipinski definition) is 5. The van der Waals surface area contributed by atoms with Gasteiger partial charge in [-0.15, -0.1) is 0 Å². The smallest absolute Gasteiger partial charge is 0.257 e. The van der Waals surface area contributed by atoms with E-state index in [-0.39, 0.29) is 50.1 Å². The molecule has 11 nitrogen and oxygen atoms in total. The van der Waals surface area contributed by atoms with E-state index in [1.54, 1.807) is 39.2 Å². The molecule has 1 aromatic carbocycles. The highest BCUT2D eigenvalue weighted by atomic mass is 19.3. The van der Waals surface area contributed by atoms with Crippen LogP contribution in [0.2, 0.25) is 0 Å². The number of aliphatic hydroxyl groups is 3. The molecule has 43 heavy (non-hydrogen) atoms. The lowest BCUT2D eigenvalue weighted by Crippen LogP contribution is -2.66. The molecular weight excluding hydrogens is 566 g/mol. The summed E-state index contributed by atoms with van der Waals surface area (Å²) in [5.74, 6) is -8.51. The van der Waals surface area contributed by atoms with Gasteiger partial charge in [-0.25, -0.2) is 8.78 Å². The topological polar surface area (TPSA) is 168 Å². The lowest BCUT2D eigenvalue weighted by atomic mass is 9.59. The molecule has 0 bridgehead atoms. The number of nitrogens with zero attached hydrogens (tertiary/aromatic N) is 3. The number of hydrogen-bond acceptors (Lipinski definition) is 9. The van der Waals surface area contributed by atoms with E-state index in [4.69, 9.17) is 5.73 Å². The van der Waals surface area contributed by atoms with E-state index >= 15 is 0 Å². The summed E-state index contributed by atoms with van der Waals surface area (Å²) in [7, 11) is 6.75. The van der Waals surface area contributed by atoms with Crippen molar-refractivity contribution in [3.63, 3.8) is 0 Å². The maximum absolute atomic E-state index is 13.5. The van der Waals surface area contributed by atoms with Gasteiger partial charge in [0.25, 0.3) is 11.8 Å². The van der Waals surface area contributed by atoms with Gasteiger partial charge in [0.15, 0.2) is 11.4 Å². The first-order valence-electron chi connectivity index (χ1n) is 14.2. The number of ketones is 1. The van der Waals surface area contributed by atoms with Crippen LogP contribution >= 0.6 is 0 Å². The van der Waals surface area contributed by atoms with Crippen molar-refractivity contribution in [1.82, 2.24) is 9.80 Å². The zero-order valence-corrected chi connectivity index (χ0v) is 24.4. The Balaban J connectivity index is 1.42. The third kappa shape index (κ3) is 4.00. The van der Waals surface area contributed by atoms with Crippen LogP contribution in [0, 0.1) is 17.3 Å². The third-order valence-electron chi connectivity index (χ3n) is 10.2. The highest BCUT2D eigenvalue weighted by molar-refractivity contribution is 6.22. The summed E-state index contributed by atoms with van der Waals surface area (Å²) in [5.41, 5.74) is 3.62. The molecule has 1 aliphatic heterocycles. The summed E-state index contributed by atoms with van der Waals surface area (Å²) in [6, 6.07) is 0.524. The molecule has 0 unspecified atom stereocenters. The number of Topliss-reactive ketones (excluding diaryl/α,β-unsaturated/α-hetero) is 1. The maximum atomic E-state index is 13.5. The molecule has 2 amide bonds. The number of amides is 2. The Labute approximate surface area is 246 Å². The van der Waals surface area contributed by atoms with Crippen molar-refractivity contribution < 1.29 is 43.6 Å². The van der Waals surface area contributed by atoms with E-state index in [9.17, 15) is 43.6 Å². The van der Waals surface area contributed by atoms with Crippen LogP contribution in [0.15, 0.2) is 28.7 Å². The van der Waals surface area contributed by atoms with Crippen LogP contribution < -0.4 is 10.6 Å². The van der Waals surface area contributed by atoms with Crippen LogP contribution in [-0.2, 0) is 22.4 Å². The standard InChI is InChI=1S/C30H36F2N4O7/c1-34(2)19-8-17(27(42)36-11-28(12-36)9-29(31,32)10-28)22(37)16-7-14-13(5-15(16)19)6-18-21(35(3)4)23(38)20(26(33)41)25(40)30(18,43)24(14)39/h8,13,18,21,37,39-40,43H,5-7,9-12H2,1-4H3,(H2,33,41)/t13-,18-,21-,30-/m0/s1. The van der Waals surface area contributed by atoms with Crippen LogP contribution in [0.5, 0.6) is 5.75 Å². The van der Waals surface area contributed by atoms with Crippen molar-refractivity contribution >= 4 is 23.3 Å². The minimum absolute atomic E-state index is 0.00372. The van der Waals surface area contributed by atoms with Gasteiger partial charge in [0.2, 0.25) is 5.92 Å². The second-order valence-electron chi connectivity index (χ2n) is 13.4. The monoisotopic (exact) mass is 602 g/mol. The van der Waals surface area contributed by atoms with Crippen molar-refractivity contribution in [2.75, 3.05) is 46.2 Å². The fraction of sp³-hybridized carbons (Fsp3) is 0.567. The van der Waals surface area contributed by atoms with Gasteiger partial charge in [0.05, 0.1) is 11.6 Å². The molecule has 4 aliphatic carbocycles. The summed E-state index contributed by atoms with van der Waals surface area (Å²) in [4.78, 5) is 43.7. The van der Waals surface area contributed by atoms with Crippen molar-refractivity contribution in [1.29, 1.82) is 0 Å². The number of rotatable bonds is 4. The molecule has 1 saturated carbocycles. The first-order valence-corrected chi connectivity index (χ1v) is 14.2. The molecule has 5 aliphatic rings. The normalized spacial score (nSPS) is 30.4. The third-order valence-corrected chi connectivity index (χ3v) is 10.2. The Kier molecular flexibility index (Phi) is 6.25. The minimum atomic E-state index is -2.71. The van der Waals surface area contributed by atoms with Crippen LogP contribution in [0.4, 0.5) is 14.5 Å². The Morgan fingerprint density at radius 3 is 2.21 bits per heavy atom. The second kappa shape index (κ2) is 9.15. The number of phenolic OH excluding ortho intramolecular Hbond substituents is 1. The van der Waals surface area contributed by atoms with Crippen LogP contribution in [0.3, 0.4) is 0 Å². The van der Waals surface area contributed by atoms with Crippen LogP contribution in [0.25, 0.3) is 0 Å². The maximum Gasteiger partial charge on any atom is 0.257 e. The Morgan fingerprint density at radius 1 is 1.05 bits per heavy atom. The predicted molar refractivity (Wildman–Crippen MR) is 150 cm³/mol. The minimum Gasteiger partial charge on any atom is -0.509 e. The first-order chi connectivity index (χ1) is 19.9. The van der Waals surface area contributed by atoms with E-state index in [0.717, 1.165) is 5.56 Å². The number of aromatic hydroxyl groups is 1. The molecule has 13 heteroatoms. The van der Waals surface area contributed by atoms with Gasteiger partial charge in [-0.3, -0.25) is 19.3 Å². The number of anilines is 1. The highest BCUT2D eigenvalue weighted by Crippen LogP contribution is 2.58. The summed E-state index contributed by atoms with van der Waals surface area (Å²) < 4.78 is 27.0. The van der Waals surface area contributed by atoms with Gasteiger partial charge in [-0.1, -0.05) is 0 Å². The molecule has 1 aromatic rings. The summed E-state index contributed by atoms with van der Waals surface area (Å²) in [6.45, 7) is 0.356. The first kappa shape index (κ1) is 29.4. The summed E-state index contributed by atoms with van der Waals surface area (Å²) in [6.07, 6.45) is -0.152. The molecule has 1 spiro atoms. The van der Waals surface area contributed by atoms with Gasteiger partial charge < -0.3 is 36.0 Å². The highest BCUT2D eigenvalue weighted by Gasteiger charge is 2.63. The van der Waals surface area contributed by atoms with Crippen molar-refractivity contribution in [3.05, 3.63) is 45.4 Å². The van der Waals surface area contributed by atoms with E-state index in [0.29, 0.717) is 23.2 Å². The molecular formula is C30H36F2N4O7. The summed E-state index contributed by atoms with van der Waals surface area (Å²) in [5, 5.41) is 45.9. The number of phenols is 1. The van der Waals surface area contributed by atoms with E-state index in [1.165, 1.54) is 9.80 Å². The number of allylic oxidation sites excluding steroid dienone is 1. The molecule has 0 aromatic heterocycles. The molecule has 6 N–H and O–H groups in total. The number of alkyl halides is 2. The van der Waals surface area contributed by atoms with E-state index in [2.05, 4.69) is 0 Å². The average molecular weight is 603 g/mol. The molecule has 2 fully saturated rings. The molecule has 1 heterocycles. The largest absolute Gasteiger partial charge is 0.509 e. The number of likely N-dealkylation sites (tertiary alicyclic amines) is 1. The van der Waals surface area contributed by atoms with Gasteiger partial charge in [-0.05, 0) is 50.1 Å². The summed E-state index contributed by atoms with van der Waals surface area (Å²) >= 11 is 0. The zero-order chi connectivity index (χ0) is 31.5. The Hall–Kier alpha value is -3.71. The number of carbonyl (C=O) groups is 3. The van der Waals surface area contributed by atoms with Crippen molar-refractivity contribution in [2.24, 2.45) is 23.0 Å². The number of nitrogens with two attached hydrogens (primary N) is 1. The molecule has 1 saturated heterocycles. The number of benzene rings is 1. The van der Waals surface area contributed by atoms with Crippen LogP contribution in [0.1, 0.15) is 40.7 Å². The lowest BCUT2D eigenvalue weighted by molar-refractivity contribution is -0.203. The molecule has 232 valence electrons. The Morgan fingerprint density at radius 2 is 1.67 bits per heavy atom. The van der Waals surface area contributed by atoms with Gasteiger partial charge >= 0.3 is 0 Å². The van der Waals surface area contributed by atoms with E-state index < -0.39 is 69.5 Å². The van der Waals surface area contributed by atoms with E-state index in [1.807, 2.05) is 0 Å². The zero-order valence-electron chi connectivity index (χ0n) is 24.4. The van der Waals surface area contributed by atoms with Gasteiger partial charge in [0, 0.05) is 69.0 Å². The molecule has 0 radical (unpaired) electrons. The number of carbonyl (C=O) groups excluding carboxylic acids is 3. The van der Waals surface area contributed by atoms with Crippen LogP contribution in [-0.4, -0.2) is 107 Å². The number of primary amides is 1. The number of halogens is 2. The van der Waals surface area contributed by atoms with Crippen molar-refractivity contribution in [3.8, 4) is 5.75 Å². The quantitative estimate of drug-likeness (QED) is 0.320. The molecule has 4 atom stereocenters. The van der Waals surface area contributed by atoms with Crippen molar-refractivity contribution in [2.45, 2.75) is 49.7 Å². The SMILES string of the molecule is CN(C)c1cc(C(=O)N2CC3(C2)CC(F)(F)C3)c(O)c2c1C[C@H]1C[C@H]3[C@H](N(C)C)C(=O)C(C(N)=O)=C(O)[C@@]3(O)C(O)=C1C2. The average Bonchev–Trinajstić information content (AvgIpc) is 2.86. The fourth-order valence-corrected chi connectivity index (χ4v) is 8.30. The lowest BCUT2D eigenvalue weighted by Gasteiger charge is -2.58.